The Bertz CT molecular complexity index is 233. The van der Waals surface area contributed by atoms with Crippen LogP contribution in [0.2, 0.25) is 0 Å². The van der Waals surface area contributed by atoms with E-state index in [1.807, 2.05) is 0 Å². The van der Waals surface area contributed by atoms with Gasteiger partial charge in [0.15, 0.2) is 0 Å². The van der Waals surface area contributed by atoms with E-state index in [1.165, 1.54) is 6.92 Å². The molecule has 0 fully saturated rings. The third kappa shape index (κ3) is 3.44. The van der Waals surface area contributed by atoms with Gasteiger partial charge in [0.1, 0.15) is 18.5 Å². The van der Waals surface area contributed by atoms with Gasteiger partial charge in [-0.25, -0.2) is 0 Å². The second-order valence-electron chi connectivity index (χ2n) is 2.86. The van der Waals surface area contributed by atoms with E-state index in [0.717, 1.165) is 0 Å². The second kappa shape index (κ2) is 4.84. The van der Waals surface area contributed by atoms with Crippen molar-refractivity contribution in [2.45, 2.75) is 19.1 Å². The molecule has 0 aliphatic rings. The summed E-state index contributed by atoms with van der Waals surface area (Å²) in [6, 6.07) is 9.85. The van der Waals surface area contributed by atoms with E-state index in [0.29, 0.717) is 5.75 Å². The molecule has 2 N–H and O–H groups in total. The van der Waals surface area contributed by atoms with E-state index in [9.17, 15) is 5.11 Å². The summed E-state index contributed by atoms with van der Waals surface area (Å²) in [5, 5.41) is 18.2. The average molecular weight is 181 g/mol. The zero-order valence-corrected chi connectivity index (χ0v) is 7.47. The molecule has 0 saturated carbocycles. The minimum Gasteiger partial charge on any atom is -0.491 e. The fraction of sp³-hybridized carbons (Fsp3) is 0.400. The van der Waals surface area contributed by atoms with Gasteiger partial charge in [-0.05, 0) is 25.1 Å². The second-order valence-corrected chi connectivity index (χ2v) is 2.86. The lowest BCUT2D eigenvalue weighted by Gasteiger charge is -2.14. The molecule has 0 saturated heterocycles. The van der Waals surface area contributed by atoms with Gasteiger partial charge in [-0.15, -0.1) is 0 Å². The van der Waals surface area contributed by atoms with Crippen molar-refractivity contribution in [3.63, 3.8) is 0 Å². The zero-order valence-electron chi connectivity index (χ0n) is 7.47. The molecule has 0 bridgehead atoms. The van der Waals surface area contributed by atoms with Gasteiger partial charge in [-0.1, -0.05) is 12.1 Å². The Morgan fingerprint density at radius 1 is 1.54 bits per heavy atom. The van der Waals surface area contributed by atoms with Gasteiger partial charge in [0.25, 0.3) is 0 Å². The van der Waals surface area contributed by atoms with Crippen molar-refractivity contribution in [2.24, 2.45) is 0 Å². The Labute approximate surface area is 77.6 Å². The smallest absolute Gasteiger partial charge is 0.120 e. The van der Waals surface area contributed by atoms with Crippen molar-refractivity contribution in [2.75, 3.05) is 6.61 Å². The lowest BCUT2D eigenvalue weighted by molar-refractivity contribution is 0.00227. The van der Waals surface area contributed by atoms with Crippen LogP contribution >= 0.6 is 0 Å². The summed E-state index contributed by atoms with van der Waals surface area (Å²) in [6.07, 6.45) is -1.62. The molecule has 0 aliphatic heterocycles. The topological polar surface area (TPSA) is 49.7 Å². The molecule has 13 heavy (non-hydrogen) atoms. The molecule has 1 aromatic rings. The molecule has 1 rings (SSSR count). The van der Waals surface area contributed by atoms with Crippen molar-refractivity contribution in [1.29, 1.82) is 0 Å². The first kappa shape index (κ1) is 10.0. The molecule has 1 aromatic carbocycles. The highest BCUT2D eigenvalue weighted by molar-refractivity contribution is 5.20. The summed E-state index contributed by atoms with van der Waals surface area (Å²) in [4.78, 5) is 0. The van der Waals surface area contributed by atoms with Crippen LogP contribution in [-0.4, -0.2) is 29.0 Å². The van der Waals surface area contributed by atoms with Gasteiger partial charge in [0.2, 0.25) is 0 Å². The lowest BCUT2D eigenvalue weighted by Crippen LogP contribution is -2.29. The Morgan fingerprint density at radius 2 is 2.31 bits per heavy atom. The van der Waals surface area contributed by atoms with Gasteiger partial charge < -0.3 is 14.9 Å². The van der Waals surface area contributed by atoms with Gasteiger partial charge in [-0.2, -0.15) is 0 Å². The summed E-state index contributed by atoms with van der Waals surface area (Å²) in [6.45, 7) is 1.61. The molecule has 3 nitrogen and oxygen atoms in total. The number of hydrogen-bond donors (Lipinski definition) is 2. The first-order chi connectivity index (χ1) is 6.20. The SMILES string of the molecule is C[C@H](O)[C@H](O)COc1c[c]ccc1. The predicted octanol–water partition coefficient (Wildman–Crippen LogP) is 0.607. The summed E-state index contributed by atoms with van der Waals surface area (Å²) in [5.41, 5.74) is 0. The number of benzene rings is 1. The van der Waals surface area contributed by atoms with Crippen LogP contribution in [0.25, 0.3) is 0 Å². The predicted molar refractivity (Wildman–Crippen MR) is 48.5 cm³/mol. The number of rotatable bonds is 4. The molecule has 0 amide bonds. The standard InChI is InChI=1S/C10H13O3/c1-8(11)10(12)7-13-9-5-3-2-4-6-9/h2-3,5-6,8,10-12H,7H2,1H3/t8-,10+/m0/s1. The third-order valence-corrected chi connectivity index (χ3v) is 1.66. The Kier molecular flexibility index (Phi) is 3.73. The van der Waals surface area contributed by atoms with Gasteiger partial charge in [-0.3, -0.25) is 0 Å². The molecule has 0 aromatic heterocycles. The average Bonchev–Trinajstić information content (AvgIpc) is 2.15. The van der Waals surface area contributed by atoms with Gasteiger partial charge >= 0.3 is 0 Å². The highest BCUT2D eigenvalue weighted by atomic mass is 16.5. The normalized spacial score (nSPS) is 15.0. The van der Waals surface area contributed by atoms with Crippen LogP contribution in [0.5, 0.6) is 5.75 Å². The van der Waals surface area contributed by atoms with Gasteiger partial charge in [0.05, 0.1) is 6.10 Å². The molecule has 71 valence electrons. The summed E-state index contributed by atoms with van der Waals surface area (Å²) >= 11 is 0. The molecule has 0 heterocycles. The Hall–Kier alpha value is -1.06. The molecule has 0 aliphatic carbocycles. The maximum atomic E-state index is 9.20. The first-order valence-corrected chi connectivity index (χ1v) is 4.15. The van der Waals surface area contributed by atoms with Crippen molar-refractivity contribution in [1.82, 2.24) is 0 Å². The minimum absolute atomic E-state index is 0.0928. The highest BCUT2D eigenvalue weighted by Crippen LogP contribution is 2.08. The maximum absolute atomic E-state index is 9.20. The van der Waals surface area contributed by atoms with Crippen LogP contribution in [-0.2, 0) is 0 Å². The third-order valence-electron chi connectivity index (χ3n) is 1.66. The van der Waals surface area contributed by atoms with E-state index in [1.54, 1.807) is 24.3 Å². The van der Waals surface area contributed by atoms with Crippen LogP contribution in [0.15, 0.2) is 24.3 Å². The van der Waals surface area contributed by atoms with Crippen molar-refractivity contribution in [3.05, 3.63) is 30.3 Å². The monoisotopic (exact) mass is 181 g/mol. The summed E-state index contributed by atoms with van der Waals surface area (Å²) in [5.74, 6) is 0.641. The fourth-order valence-corrected chi connectivity index (χ4v) is 0.788. The molecular formula is C10H13O3. The molecule has 0 spiro atoms. The van der Waals surface area contributed by atoms with Crippen LogP contribution in [0.3, 0.4) is 0 Å². The van der Waals surface area contributed by atoms with Crippen LogP contribution in [0.4, 0.5) is 0 Å². The zero-order chi connectivity index (χ0) is 9.68. The Morgan fingerprint density at radius 3 is 2.85 bits per heavy atom. The number of aliphatic hydroxyl groups is 2. The minimum atomic E-state index is -0.847. The van der Waals surface area contributed by atoms with E-state index in [2.05, 4.69) is 6.07 Å². The molecule has 1 radical (unpaired) electrons. The summed E-state index contributed by atoms with van der Waals surface area (Å²) in [7, 11) is 0. The number of hydrogen-bond acceptors (Lipinski definition) is 3. The molecule has 0 unspecified atom stereocenters. The molecule has 3 heteroatoms. The highest BCUT2D eigenvalue weighted by Gasteiger charge is 2.10. The lowest BCUT2D eigenvalue weighted by atomic mass is 10.2. The maximum Gasteiger partial charge on any atom is 0.120 e. The van der Waals surface area contributed by atoms with Crippen LogP contribution in [0.1, 0.15) is 6.92 Å². The number of ether oxygens (including phenoxy) is 1. The summed E-state index contributed by atoms with van der Waals surface area (Å²) < 4.78 is 5.19. The Balaban J connectivity index is 2.35. The molecular weight excluding hydrogens is 168 g/mol. The first-order valence-electron chi connectivity index (χ1n) is 4.15. The van der Waals surface area contributed by atoms with Crippen molar-refractivity contribution < 1.29 is 14.9 Å². The number of aliphatic hydroxyl groups excluding tert-OH is 2. The quantitative estimate of drug-likeness (QED) is 0.715. The van der Waals surface area contributed by atoms with Gasteiger partial charge in [0, 0.05) is 0 Å². The largest absolute Gasteiger partial charge is 0.491 e. The van der Waals surface area contributed by atoms with E-state index in [-0.39, 0.29) is 6.61 Å². The van der Waals surface area contributed by atoms with Crippen LogP contribution < -0.4 is 4.74 Å². The fourth-order valence-electron chi connectivity index (χ4n) is 0.788. The van der Waals surface area contributed by atoms with E-state index < -0.39 is 12.2 Å². The van der Waals surface area contributed by atoms with E-state index >= 15 is 0 Å². The molecule has 2 atom stereocenters. The van der Waals surface area contributed by atoms with Crippen molar-refractivity contribution in [3.8, 4) is 5.75 Å². The van der Waals surface area contributed by atoms with Crippen molar-refractivity contribution >= 4 is 0 Å². The van der Waals surface area contributed by atoms with Crippen LogP contribution in [0, 0.1) is 6.07 Å². The van der Waals surface area contributed by atoms with E-state index in [4.69, 9.17) is 9.84 Å².